The number of carboxylic acid groups (broad SMARTS) is 1. The number of benzene rings is 1. The third kappa shape index (κ3) is 3.50. The van der Waals surface area contributed by atoms with E-state index in [2.05, 4.69) is 6.92 Å². The van der Waals surface area contributed by atoms with Gasteiger partial charge in [0.25, 0.3) is 0 Å². The fraction of sp³-hybridized carbons (Fsp3) is 0.429. The fourth-order valence-corrected chi connectivity index (χ4v) is 3.21. The first-order chi connectivity index (χ1) is 9.08. The normalized spacial score (nSPS) is 18.6. The Labute approximate surface area is 116 Å². The molecule has 1 amide bonds. The summed E-state index contributed by atoms with van der Waals surface area (Å²) in [5.41, 5.74) is 0.909. The molecule has 1 atom stereocenters. The molecular weight excluding hydrogens is 262 g/mol. The second-order valence-corrected chi connectivity index (χ2v) is 6.10. The van der Waals surface area contributed by atoms with E-state index < -0.39 is 5.97 Å². The molecule has 1 aliphatic rings. The van der Waals surface area contributed by atoms with Crippen LogP contribution < -0.4 is 4.90 Å². The van der Waals surface area contributed by atoms with Crippen LogP contribution in [0.5, 0.6) is 0 Å². The largest absolute Gasteiger partial charge is 0.481 e. The summed E-state index contributed by atoms with van der Waals surface area (Å²) in [5.74, 6) is -1.04. The highest BCUT2D eigenvalue weighted by Gasteiger charge is 2.24. The van der Waals surface area contributed by atoms with Crippen molar-refractivity contribution in [3.05, 3.63) is 24.3 Å². The smallest absolute Gasteiger partial charge is 0.303 e. The minimum Gasteiger partial charge on any atom is -0.481 e. The highest BCUT2D eigenvalue weighted by molar-refractivity contribution is 8.00. The molecule has 1 aliphatic heterocycles. The topological polar surface area (TPSA) is 57.6 Å². The minimum absolute atomic E-state index is 0.0582. The maximum absolute atomic E-state index is 12.2. The van der Waals surface area contributed by atoms with Gasteiger partial charge in [-0.25, -0.2) is 0 Å². The van der Waals surface area contributed by atoms with E-state index in [0.717, 1.165) is 17.0 Å². The van der Waals surface area contributed by atoms with Crippen LogP contribution in [-0.2, 0) is 9.59 Å². The molecule has 102 valence electrons. The number of aliphatic carboxylic acids is 1. The Balaban J connectivity index is 2.20. The van der Waals surface area contributed by atoms with Crippen LogP contribution >= 0.6 is 11.8 Å². The summed E-state index contributed by atoms with van der Waals surface area (Å²) in [7, 11) is 0. The van der Waals surface area contributed by atoms with Gasteiger partial charge in [0.2, 0.25) is 5.91 Å². The standard InChI is InChI=1S/C14H17NO3S/c1-10-8-9-15(13(16)6-7-14(17)18)11-4-2-3-5-12(11)19-10/h2-5,10H,6-9H2,1H3,(H,17,18). The maximum Gasteiger partial charge on any atom is 0.303 e. The molecule has 1 unspecified atom stereocenters. The highest BCUT2D eigenvalue weighted by Crippen LogP contribution is 2.37. The molecule has 0 fully saturated rings. The predicted molar refractivity (Wildman–Crippen MR) is 75.6 cm³/mol. The summed E-state index contributed by atoms with van der Waals surface area (Å²) in [6.45, 7) is 2.80. The van der Waals surface area contributed by atoms with Crippen molar-refractivity contribution in [1.29, 1.82) is 0 Å². The zero-order valence-electron chi connectivity index (χ0n) is 10.8. The Bertz CT molecular complexity index is 489. The lowest BCUT2D eigenvalue weighted by Gasteiger charge is -2.22. The van der Waals surface area contributed by atoms with Crippen LogP contribution in [-0.4, -0.2) is 28.8 Å². The monoisotopic (exact) mass is 279 g/mol. The molecule has 0 spiro atoms. The first kappa shape index (κ1) is 13.9. The van der Waals surface area contributed by atoms with Crippen LogP contribution in [0.1, 0.15) is 26.2 Å². The van der Waals surface area contributed by atoms with Gasteiger partial charge in [-0.2, -0.15) is 0 Å². The summed E-state index contributed by atoms with van der Waals surface area (Å²) in [6, 6.07) is 7.81. The van der Waals surface area contributed by atoms with Gasteiger partial charge in [0, 0.05) is 23.1 Å². The van der Waals surface area contributed by atoms with Gasteiger partial charge in [0.15, 0.2) is 0 Å². The Morgan fingerprint density at radius 3 is 2.84 bits per heavy atom. The molecule has 0 aliphatic carbocycles. The maximum atomic E-state index is 12.2. The second kappa shape index (κ2) is 6.10. The van der Waals surface area contributed by atoms with Crippen molar-refractivity contribution in [2.45, 2.75) is 36.3 Å². The van der Waals surface area contributed by atoms with Gasteiger partial charge in [-0.3, -0.25) is 9.59 Å². The quantitative estimate of drug-likeness (QED) is 0.924. The third-order valence-electron chi connectivity index (χ3n) is 3.10. The molecule has 2 rings (SSSR count). The van der Waals surface area contributed by atoms with Gasteiger partial charge < -0.3 is 10.0 Å². The molecule has 4 nitrogen and oxygen atoms in total. The zero-order chi connectivity index (χ0) is 13.8. The number of para-hydroxylation sites is 1. The second-order valence-electron chi connectivity index (χ2n) is 4.62. The molecule has 0 aromatic heterocycles. The van der Waals surface area contributed by atoms with E-state index in [9.17, 15) is 9.59 Å². The van der Waals surface area contributed by atoms with Crippen molar-refractivity contribution in [2.75, 3.05) is 11.4 Å². The van der Waals surface area contributed by atoms with Crippen LogP contribution in [0.2, 0.25) is 0 Å². The summed E-state index contributed by atoms with van der Waals surface area (Å²) >= 11 is 1.77. The fourth-order valence-electron chi connectivity index (χ4n) is 2.09. The van der Waals surface area contributed by atoms with Gasteiger partial charge >= 0.3 is 5.97 Å². The molecule has 0 saturated heterocycles. The van der Waals surface area contributed by atoms with E-state index in [1.807, 2.05) is 24.3 Å². The SMILES string of the molecule is CC1CCN(C(=O)CCC(=O)O)c2ccccc2S1. The van der Waals surface area contributed by atoms with E-state index in [0.29, 0.717) is 11.8 Å². The lowest BCUT2D eigenvalue weighted by atomic mass is 10.2. The number of carbonyl (C=O) groups is 2. The molecule has 0 bridgehead atoms. The number of thioether (sulfide) groups is 1. The lowest BCUT2D eigenvalue weighted by molar-refractivity contribution is -0.138. The average molecular weight is 279 g/mol. The molecule has 1 aromatic carbocycles. The van der Waals surface area contributed by atoms with Crippen molar-refractivity contribution < 1.29 is 14.7 Å². The number of carbonyl (C=O) groups excluding carboxylic acids is 1. The predicted octanol–water partition coefficient (Wildman–Crippen LogP) is 2.77. The number of amides is 1. The Hall–Kier alpha value is -1.49. The van der Waals surface area contributed by atoms with Crippen molar-refractivity contribution in [1.82, 2.24) is 0 Å². The summed E-state index contributed by atoms with van der Waals surface area (Å²) in [5, 5.41) is 9.14. The molecule has 5 heteroatoms. The van der Waals surface area contributed by atoms with E-state index in [1.54, 1.807) is 16.7 Å². The van der Waals surface area contributed by atoms with Crippen LogP contribution in [0.15, 0.2) is 29.2 Å². The first-order valence-electron chi connectivity index (χ1n) is 6.36. The van der Waals surface area contributed by atoms with Crippen molar-refractivity contribution >= 4 is 29.3 Å². The summed E-state index contributed by atoms with van der Waals surface area (Å²) in [4.78, 5) is 25.6. The van der Waals surface area contributed by atoms with Gasteiger partial charge in [-0.1, -0.05) is 19.1 Å². The number of anilines is 1. The highest BCUT2D eigenvalue weighted by atomic mass is 32.2. The zero-order valence-corrected chi connectivity index (χ0v) is 11.7. The van der Waals surface area contributed by atoms with Crippen molar-refractivity contribution in [3.63, 3.8) is 0 Å². The number of hydrogen-bond donors (Lipinski definition) is 1. The Kier molecular flexibility index (Phi) is 4.47. The Morgan fingerprint density at radius 1 is 1.37 bits per heavy atom. The number of hydrogen-bond acceptors (Lipinski definition) is 3. The molecule has 0 saturated carbocycles. The van der Waals surface area contributed by atoms with Crippen molar-refractivity contribution in [3.8, 4) is 0 Å². The molecule has 1 N–H and O–H groups in total. The third-order valence-corrected chi connectivity index (χ3v) is 4.33. The molecule has 1 heterocycles. The van der Waals surface area contributed by atoms with E-state index in [4.69, 9.17) is 5.11 Å². The molecule has 1 aromatic rings. The van der Waals surface area contributed by atoms with Gasteiger partial charge in [0.1, 0.15) is 0 Å². The number of fused-ring (bicyclic) bond motifs is 1. The van der Waals surface area contributed by atoms with Gasteiger partial charge in [-0.15, -0.1) is 11.8 Å². The van der Waals surface area contributed by atoms with Crippen molar-refractivity contribution in [2.24, 2.45) is 0 Å². The van der Waals surface area contributed by atoms with Crippen LogP contribution in [0.3, 0.4) is 0 Å². The number of rotatable bonds is 3. The lowest BCUT2D eigenvalue weighted by Crippen LogP contribution is -2.32. The number of nitrogens with zero attached hydrogens (tertiary/aromatic N) is 1. The van der Waals surface area contributed by atoms with E-state index in [-0.39, 0.29) is 18.7 Å². The molecule has 19 heavy (non-hydrogen) atoms. The van der Waals surface area contributed by atoms with Gasteiger partial charge in [-0.05, 0) is 18.6 Å². The van der Waals surface area contributed by atoms with Gasteiger partial charge in [0.05, 0.1) is 12.1 Å². The average Bonchev–Trinajstić information content (AvgIpc) is 2.54. The van der Waals surface area contributed by atoms with E-state index in [1.165, 1.54) is 0 Å². The first-order valence-corrected chi connectivity index (χ1v) is 7.23. The van der Waals surface area contributed by atoms with E-state index >= 15 is 0 Å². The molecule has 0 radical (unpaired) electrons. The van der Waals surface area contributed by atoms with Crippen LogP contribution in [0.4, 0.5) is 5.69 Å². The van der Waals surface area contributed by atoms with Crippen LogP contribution in [0, 0.1) is 0 Å². The Morgan fingerprint density at radius 2 is 2.11 bits per heavy atom. The number of carboxylic acids is 1. The molecular formula is C14H17NO3S. The van der Waals surface area contributed by atoms with Crippen LogP contribution in [0.25, 0.3) is 0 Å². The minimum atomic E-state index is -0.931. The summed E-state index contributed by atoms with van der Waals surface area (Å²) in [6.07, 6.45) is 0.862. The summed E-state index contributed by atoms with van der Waals surface area (Å²) < 4.78 is 0.